The van der Waals surface area contributed by atoms with E-state index in [4.69, 9.17) is 39.5 Å². The molecule has 0 radical (unpaired) electrons. The van der Waals surface area contributed by atoms with Crippen LogP contribution in [0, 0.1) is 5.82 Å². The second kappa shape index (κ2) is 9.60. The van der Waals surface area contributed by atoms with Crippen LogP contribution in [0.5, 0.6) is 5.75 Å². The Kier molecular flexibility index (Phi) is 6.64. The Labute approximate surface area is 197 Å². The monoisotopic (exact) mass is 493 g/mol. The third-order valence-electron chi connectivity index (χ3n) is 4.38. The maximum atomic E-state index is 14.0. The summed E-state index contributed by atoms with van der Waals surface area (Å²) in [5.41, 5.74) is 0.415. The van der Waals surface area contributed by atoms with Crippen LogP contribution < -0.4 is 10.1 Å². The highest BCUT2D eigenvalue weighted by Gasteiger charge is 2.16. The third-order valence-corrected chi connectivity index (χ3v) is 5.26. The van der Waals surface area contributed by atoms with Crippen molar-refractivity contribution in [1.82, 2.24) is 19.6 Å². The van der Waals surface area contributed by atoms with Crippen LogP contribution in [-0.4, -0.2) is 25.5 Å². The fourth-order valence-corrected chi connectivity index (χ4v) is 3.35. The molecule has 164 valence electrons. The molecule has 0 spiro atoms. The first-order valence-electron chi connectivity index (χ1n) is 9.28. The highest BCUT2D eigenvalue weighted by atomic mass is 35.5. The summed E-state index contributed by atoms with van der Waals surface area (Å²) in [7, 11) is 0. The van der Waals surface area contributed by atoms with Crippen molar-refractivity contribution in [2.24, 2.45) is 0 Å². The van der Waals surface area contributed by atoms with Gasteiger partial charge in [0.2, 0.25) is 0 Å². The lowest BCUT2D eigenvalue weighted by Crippen LogP contribution is -2.15. The lowest BCUT2D eigenvalue weighted by Gasteiger charge is -2.06. The van der Waals surface area contributed by atoms with E-state index in [2.05, 4.69) is 15.5 Å². The second-order valence-electron chi connectivity index (χ2n) is 6.65. The summed E-state index contributed by atoms with van der Waals surface area (Å²) in [4.78, 5) is 12.5. The molecule has 1 amide bonds. The van der Waals surface area contributed by atoms with Gasteiger partial charge in [-0.15, -0.1) is 0 Å². The largest absolute Gasteiger partial charge is 0.471 e. The number of anilines is 1. The van der Waals surface area contributed by atoms with Crippen molar-refractivity contribution < 1.29 is 13.9 Å². The molecule has 0 saturated carbocycles. The standard InChI is InChI=1S/C21H15Cl3FN5O2/c22-13-4-6-14(7-5-13)32-12-29-9-8-19(27-29)21(31)26-20-17(24)11-30(28-20)10-15-16(23)2-1-3-18(15)25/h1-9,11H,10,12H2,(H,26,28,31). The molecule has 2 aromatic heterocycles. The number of carbonyl (C=O) groups excluding carboxylic acids is 1. The van der Waals surface area contributed by atoms with E-state index in [0.717, 1.165) is 0 Å². The molecule has 0 bridgehead atoms. The zero-order valence-electron chi connectivity index (χ0n) is 16.3. The third kappa shape index (κ3) is 5.21. The van der Waals surface area contributed by atoms with E-state index in [1.807, 2.05) is 0 Å². The quantitative estimate of drug-likeness (QED) is 0.367. The number of hydrogen-bond acceptors (Lipinski definition) is 4. The number of carbonyl (C=O) groups is 1. The molecule has 4 rings (SSSR count). The highest BCUT2D eigenvalue weighted by molar-refractivity contribution is 6.33. The fourth-order valence-electron chi connectivity index (χ4n) is 2.81. The van der Waals surface area contributed by atoms with Crippen molar-refractivity contribution >= 4 is 46.5 Å². The van der Waals surface area contributed by atoms with E-state index in [-0.39, 0.29) is 40.4 Å². The summed E-state index contributed by atoms with van der Waals surface area (Å²) in [6.07, 6.45) is 3.07. The van der Waals surface area contributed by atoms with Crippen LogP contribution in [-0.2, 0) is 13.3 Å². The van der Waals surface area contributed by atoms with Crippen molar-refractivity contribution in [2.45, 2.75) is 13.3 Å². The van der Waals surface area contributed by atoms with Crippen LogP contribution in [0.25, 0.3) is 0 Å². The molecule has 32 heavy (non-hydrogen) atoms. The number of benzene rings is 2. The van der Waals surface area contributed by atoms with Gasteiger partial charge in [0.15, 0.2) is 18.2 Å². The molecule has 0 fully saturated rings. The molecule has 0 atom stereocenters. The van der Waals surface area contributed by atoms with Crippen LogP contribution in [0.3, 0.4) is 0 Å². The SMILES string of the molecule is O=C(Nc1nn(Cc2c(F)cccc2Cl)cc1Cl)c1ccn(COc2ccc(Cl)cc2)n1. The zero-order chi connectivity index (χ0) is 22.7. The molecular formula is C21H15Cl3FN5O2. The molecule has 11 heteroatoms. The van der Waals surface area contributed by atoms with Gasteiger partial charge >= 0.3 is 0 Å². The summed E-state index contributed by atoms with van der Waals surface area (Å²) in [6.45, 7) is 0.158. The van der Waals surface area contributed by atoms with Crippen LogP contribution in [0.2, 0.25) is 15.1 Å². The van der Waals surface area contributed by atoms with Gasteiger partial charge in [0.25, 0.3) is 5.91 Å². The minimum Gasteiger partial charge on any atom is -0.471 e. The molecular weight excluding hydrogens is 480 g/mol. The first-order chi connectivity index (χ1) is 15.4. The molecule has 4 aromatic rings. The van der Waals surface area contributed by atoms with Gasteiger partial charge in [-0.2, -0.15) is 10.2 Å². The average Bonchev–Trinajstić information content (AvgIpc) is 3.37. The van der Waals surface area contributed by atoms with Crippen LogP contribution in [0.1, 0.15) is 16.1 Å². The predicted molar refractivity (Wildman–Crippen MR) is 120 cm³/mol. The second-order valence-corrected chi connectivity index (χ2v) is 7.90. The summed E-state index contributed by atoms with van der Waals surface area (Å²) < 4.78 is 22.5. The lowest BCUT2D eigenvalue weighted by molar-refractivity contribution is 0.101. The van der Waals surface area contributed by atoms with Crippen molar-refractivity contribution in [2.75, 3.05) is 5.32 Å². The average molecular weight is 495 g/mol. The van der Waals surface area contributed by atoms with Gasteiger partial charge in [-0.3, -0.25) is 9.48 Å². The van der Waals surface area contributed by atoms with E-state index in [0.29, 0.717) is 10.8 Å². The summed E-state index contributed by atoms with van der Waals surface area (Å²) in [6, 6.07) is 12.8. The van der Waals surface area contributed by atoms with E-state index < -0.39 is 11.7 Å². The van der Waals surface area contributed by atoms with Crippen LogP contribution in [0.15, 0.2) is 60.9 Å². The Bertz CT molecular complexity index is 1240. The van der Waals surface area contributed by atoms with Crippen LogP contribution in [0.4, 0.5) is 10.2 Å². The minimum absolute atomic E-state index is 0.0533. The van der Waals surface area contributed by atoms with Crippen molar-refractivity contribution in [3.63, 3.8) is 0 Å². The molecule has 7 nitrogen and oxygen atoms in total. The summed E-state index contributed by atoms with van der Waals surface area (Å²) in [5, 5.41) is 12.0. The van der Waals surface area contributed by atoms with Gasteiger partial charge < -0.3 is 10.1 Å². The smallest absolute Gasteiger partial charge is 0.277 e. The minimum atomic E-state index is -0.508. The van der Waals surface area contributed by atoms with Gasteiger partial charge in [0.1, 0.15) is 16.6 Å². The summed E-state index contributed by atoms with van der Waals surface area (Å²) in [5.74, 6) is -0.230. The van der Waals surface area contributed by atoms with Gasteiger partial charge in [0.05, 0.1) is 6.54 Å². The molecule has 2 heterocycles. The number of ether oxygens (including phenoxy) is 1. The van der Waals surface area contributed by atoms with Gasteiger partial charge in [-0.1, -0.05) is 40.9 Å². The maximum absolute atomic E-state index is 14.0. The number of nitrogens with one attached hydrogen (secondary N) is 1. The normalized spacial score (nSPS) is 10.9. The molecule has 0 aliphatic heterocycles. The Morgan fingerprint density at radius 1 is 1.00 bits per heavy atom. The predicted octanol–water partition coefficient (Wildman–Crippen LogP) is 5.52. The lowest BCUT2D eigenvalue weighted by atomic mass is 10.2. The van der Waals surface area contributed by atoms with Crippen molar-refractivity contribution in [1.29, 1.82) is 0 Å². The van der Waals surface area contributed by atoms with Crippen molar-refractivity contribution in [3.05, 3.63) is 93.1 Å². The zero-order valence-corrected chi connectivity index (χ0v) is 18.6. The number of rotatable bonds is 7. The van der Waals surface area contributed by atoms with E-state index >= 15 is 0 Å². The van der Waals surface area contributed by atoms with Gasteiger partial charge in [-0.25, -0.2) is 9.07 Å². The van der Waals surface area contributed by atoms with Crippen LogP contribution >= 0.6 is 34.8 Å². The number of hydrogen-bond donors (Lipinski definition) is 1. The first kappa shape index (κ1) is 22.1. The fraction of sp³-hybridized carbons (Fsp3) is 0.0952. The molecule has 2 aromatic carbocycles. The van der Waals surface area contributed by atoms with Gasteiger partial charge in [-0.05, 0) is 42.5 Å². The molecule has 0 unspecified atom stereocenters. The van der Waals surface area contributed by atoms with E-state index in [1.165, 1.54) is 33.8 Å². The number of amides is 1. The number of halogens is 4. The van der Waals surface area contributed by atoms with Crippen molar-refractivity contribution in [3.8, 4) is 5.75 Å². The molecule has 0 aliphatic rings. The molecule has 1 N–H and O–H groups in total. The highest BCUT2D eigenvalue weighted by Crippen LogP contribution is 2.24. The Morgan fingerprint density at radius 2 is 1.78 bits per heavy atom. The van der Waals surface area contributed by atoms with Gasteiger partial charge in [0, 0.05) is 28.0 Å². The Balaban J connectivity index is 1.39. The number of aromatic nitrogens is 4. The molecule has 0 aliphatic carbocycles. The Morgan fingerprint density at radius 3 is 2.53 bits per heavy atom. The topological polar surface area (TPSA) is 74.0 Å². The maximum Gasteiger partial charge on any atom is 0.277 e. The van der Waals surface area contributed by atoms with E-state index in [9.17, 15) is 9.18 Å². The molecule has 0 saturated heterocycles. The first-order valence-corrected chi connectivity index (χ1v) is 10.4. The summed E-state index contributed by atoms with van der Waals surface area (Å²) >= 11 is 18.1. The Hall–Kier alpha value is -3.07. The number of nitrogens with zero attached hydrogens (tertiary/aromatic N) is 4. The van der Waals surface area contributed by atoms with E-state index in [1.54, 1.807) is 36.5 Å².